The average Bonchev–Trinajstić information content (AvgIpc) is 2.18. The zero-order valence-electron chi connectivity index (χ0n) is 8.90. The van der Waals surface area contributed by atoms with Crippen LogP contribution in [0.5, 0.6) is 0 Å². The zero-order chi connectivity index (χ0) is 10.4. The summed E-state index contributed by atoms with van der Waals surface area (Å²) in [5.74, 6) is 0.495. The van der Waals surface area contributed by atoms with E-state index in [1.165, 1.54) is 5.56 Å². The lowest BCUT2D eigenvalue weighted by Gasteiger charge is -2.13. The van der Waals surface area contributed by atoms with Crippen molar-refractivity contribution in [2.75, 3.05) is 13.1 Å². The van der Waals surface area contributed by atoms with Crippen LogP contribution in [0.1, 0.15) is 25.3 Å². The summed E-state index contributed by atoms with van der Waals surface area (Å²) < 4.78 is 0. The molecule has 0 aliphatic carbocycles. The first-order chi connectivity index (χ1) is 6.70. The molecular formula is C12H19NO. The van der Waals surface area contributed by atoms with Gasteiger partial charge in [-0.2, -0.15) is 0 Å². The third-order valence-corrected chi connectivity index (χ3v) is 2.26. The number of benzene rings is 1. The molecule has 0 fully saturated rings. The van der Waals surface area contributed by atoms with Crippen LogP contribution in [0, 0.1) is 0 Å². The minimum absolute atomic E-state index is 0.266. The SMILES string of the molecule is C[C@H](O)CNC[C@H](C)c1ccccc1. The van der Waals surface area contributed by atoms with Gasteiger partial charge in [-0.25, -0.2) is 0 Å². The van der Waals surface area contributed by atoms with Crippen molar-refractivity contribution >= 4 is 0 Å². The van der Waals surface area contributed by atoms with E-state index in [9.17, 15) is 0 Å². The second kappa shape index (κ2) is 5.78. The van der Waals surface area contributed by atoms with E-state index in [2.05, 4.69) is 36.5 Å². The number of hydrogen-bond donors (Lipinski definition) is 2. The highest BCUT2D eigenvalue weighted by Gasteiger charge is 2.04. The van der Waals surface area contributed by atoms with Crippen LogP contribution in [0.2, 0.25) is 0 Å². The average molecular weight is 193 g/mol. The van der Waals surface area contributed by atoms with Crippen LogP contribution in [0.3, 0.4) is 0 Å². The van der Waals surface area contributed by atoms with Crippen LogP contribution in [0.4, 0.5) is 0 Å². The second-order valence-electron chi connectivity index (χ2n) is 3.82. The minimum atomic E-state index is -0.266. The molecule has 2 nitrogen and oxygen atoms in total. The molecule has 1 aromatic rings. The molecule has 0 unspecified atom stereocenters. The number of aliphatic hydroxyl groups is 1. The van der Waals surface area contributed by atoms with Crippen LogP contribution < -0.4 is 5.32 Å². The third kappa shape index (κ3) is 3.90. The van der Waals surface area contributed by atoms with Crippen molar-refractivity contribution in [1.29, 1.82) is 0 Å². The van der Waals surface area contributed by atoms with E-state index in [0.29, 0.717) is 12.5 Å². The standard InChI is InChI=1S/C12H19NO/c1-10(8-13-9-11(2)14)12-6-4-3-5-7-12/h3-7,10-11,13-14H,8-9H2,1-2H3/t10-,11-/m0/s1. The predicted molar refractivity (Wildman–Crippen MR) is 59.4 cm³/mol. The molecule has 1 aromatic carbocycles. The Morgan fingerprint density at radius 1 is 1.14 bits per heavy atom. The highest BCUT2D eigenvalue weighted by Crippen LogP contribution is 2.12. The quantitative estimate of drug-likeness (QED) is 0.747. The summed E-state index contributed by atoms with van der Waals surface area (Å²) in [5, 5.41) is 12.3. The van der Waals surface area contributed by atoms with Crippen molar-refractivity contribution < 1.29 is 5.11 Å². The van der Waals surface area contributed by atoms with Crippen molar-refractivity contribution in [2.24, 2.45) is 0 Å². The molecule has 0 spiro atoms. The summed E-state index contributed by atoms with van der Waals surface area (Å²) in [6.45, 7) is 5.55. The van der Waals surface area contributed by atoms with E-state index < -0.39 is 0 Å². The van der Waals surface area contributed by atoms with Gasteiger partial charge in [-0.1, -0.05) is 37.3 Å². The van der Waals surface area contributed by atoms with E-state index in [4.69, 9.17) is 5.11 Å². The van der Waals surface area contributed by atoms with Crippen molar-refractivity contribution in [1.82, 2.24) is 5.32 Å². The van der Waals surface area contributed by atoms with Crippen molar-refractivity contribution in [3.05, 3.63) is 35.9 Å². The monoisotopic (exact) mass is 193 g/mol. The minimum Gasteiger partial charge on any atom is -0.392 e. The molecule has 0 amide bonds. The van der Waals surface area contributed by atoms with Gasteiger partial charge in [0.25, 0.3) is 0 Å². The maximum Gasteiger partial charge on any atom is 0.0636 e. The molecule has 0 heterocycles. The number of rotatable bonds is 5. The molecule has 0 aliphatic heterocycles. The molecule has 78 valence electrons. The molecule has 14 heavy (non-hydrogen) atoms. The fraction of sp³-hybridized carbons (Fsp3) is 0.500. The van der Waals surface area contributed by atoms with Gasteiger partial charge in [0.05, 0.1) is 6.10 Å². The molecule has 0 aromatic heterocycles. The van der Waals surface area contributed by atoms with Crippen LogP contribution in [-0.4, -0.2) is 24.3 Å². The van der Waals surface area contributed by atoms with E-state index >= 15 is 0 Å². The van der Waals surface area contributed by atoms with Gasteiger partial charge in [-0.15, -0.1) is 0 Å². The van der Waals surface area contributed by atoms with Gasteiger partial charge in [0.1, 0.15) is 0 Å². The fourth-order valence-corrected chi connectivity index (χ4v) is 1.41. The topological polar surface area (TPSA) is 32.3 Å². The molecule has 0 bridgehead atoms. The normalized spacial score (nSPS) is 15.1. The first-order valence-corrected chi connectivity index (χ1v) is 5.14. The van der Waals surface area contributed by atoms with Crippen molar-refractivity contribution in [3.8, 4) is 0 Å². The van der Waals surface area contributed by atoms with E-state index in [1.807, 2.05) is 6.07 Å². The van der Waals surface area contributed by atoms with Crippen LogP contribution in [0.15, 0.2) is 30.3 Å². The highest BCUT2D eigenvalue weighted by molar-refractivity contribution is 5.18. The van der Waals surface area contributed by atoms with Crippen molar-refractivity contribution in [2.45, 2.75) is 25.9 Å². The highest BCUT2D eigenvalue weighted by atomic mass is 16.3. The van der Waals surface area contributed by atoms with Crippen molar-refractivity contribution in [3.63, 3.8) is 0 Å². The molecule has 0 radical (unpaired) electrons. The Labute approximate surface area is 86.0 Å². The van der Waals surface area contributed by atoms with Crippen LogP contribution in [-0.2, 0) is 0 Å². The van der Waals surface area contributed by atoms with Gasteiger partial charge in [0.15, 0.2) is 0 Å². The summed E-state index contributed by atoms with van der Waals surface area (Å²) in [5.41, 5.74) is 1.34. The lowest BCUT2D eigenvalue weighted by atomic mass is 10.0. The third-order valence-electron chi connectivity index (χ3n) is 2.26. The fourth-order valence-electron chi connectivity index (χ4n) is 1.41. The predicted octanol–water partition coefficient (Wildman–Crippen LogP) is 1.76. The Bertz CT molecular complexity index is 246. The Morgan fingerprint density at radius 2 is 1.79 bits per heavy atom. The van der Waals surface area contributed by atoms with E-state index in [0.717, 1.165) is 6.54 Å². The Balaban J connectivity index is 2.32. The summed E-state index contributed by atoms with van der Waals surface area (Å²) in [6.07, 6.45) is -0.266. The van der Waals surface area contributed by atoms with Crippen LogP contribution >= 0.6 is 0 Å². The molecular weight excluding hydrogens is 174 g/mol. The Morgan fingerprint density at radius 3 is 2.36 bits per heavy atom. The van der Waals surface area contributed by atoms with Crippen LogP contribution in [0.25, 0.3) is 0 Å². The summed E-state index contributed by atoms with van der Waals surface area (Å²) in [6, 6.07) is 10.4. The van der Waals surface area contributed by atoms with Gasteiger partial charge < -0.3 is 10.4 Å². The van der Waals surface area contributed by atoms with Gasteiger partial charge in [-0.3, -0.25) is 0 Å². The largest absolute Gasteiger partial charge is 0.392 e. The molecule has 2 atom stereocenters. The first-order valence-electron chi connectivity index (χ1n) is 5.14. The lowest BCUT2D eigenvalue weighted by Crippen LogP contribution is -2.27. The molecule has 0 aliphatic rings. The summed E-state index contributed by atoms with van der Waals surface area (Å²) in [7, 11) is 0. The number of nitrogens with one attached hydrogen (secondary N) is 1. The maximum atomic E-state index is 9.07. The van der Waals surface area contributed by atoms with Gasteiger partial charge in [0, 0.05) is 13.1 Å². The van der Waals surface area contributed by atoms with Gasteiger partial charge in [0.2, 0.25) is 0 Å². The number of aliphatic hydroxyl groups excluding tert-OH is 1. The molecule has 1 rings (SSSR count). The second-order valence-corrected chi connectivity index (χ2v) is 3.82. The van der Waals surface area contributed by atoms with E-state index in [1.54, 1.807) is 6.92 Å². The smallest absolute Gasteiger partial charge is 0.0636 e. The van der Waals surface area contributed by atoms with Gasteiger partial charge >= 0.3 is 0 Å². The summed E-state index contributed by atoms with van der Waals surface area (Å²) in [4.78, 5) is 0. The molecule has 2 N–H and O–H groups in total. The summed E-state index contributed by atoms with van der Waals surface area (Å²) >= 11 is 0. The zero-order valence-corrected chi connectivity index (χ0v) is 8.90. The lowest BCUT2D eigenvalue weighted by molar-refractivity contribution is 0.191. The number of hydrogen-bond acceptors (Lipinski definition) is 2. The first kappa shape index (κ1) is 11.2. The molecule has 0 saturated carbocycles. The Hall–Kier alpha value is -0.860. The maximum absolute atomic E-state index is 9.07. The molecule has 2 heteroatoms. The van der Waals surface area contributed by atoms with Gasteiger partial charge in [-0.05, 0) is 18.4 Å². The Kier molecular flexibility index (Phi) is 4.63. The van der Waals surface area contributed by atoms with E-state index in [-0.39, 0.29) is 6.10 Å². The molecule has 0 saturated heterocycles.